The molecule has 1 heterocycles. The molecule has 0 aliphatic carbocycles. The third kappa shape index (κ3) is 2.32. The van der Waals surface area contributed by atoms with Crippen LogP contribution in [-0.2, 0) is 0 Å². The van der Waals surface area contributed by atoms with Crippen LogP contribution in [0.1, 0.15) is 35.5 Å². The quantitative estimate of drug-likeness (QED) is 0.842. The first-order chi connectivity index (χ1) is 7.51. The molecule has 1 rings (SSSR count). The largest absolute Gasteiger partial charge is 0.339 e. The van der Waals surface area contributed by atoms with E-state index in [2.05, 4.69) is 4.98 Å². The number of nitrogens with one attached hydrogen (secondary N) is 1. The van der Waals surface area contributed by atoms with E-state index in [0.29, 0.717) is 13.1 Å². The van der Waals surface area contributed by atoms with Crippen LogP contribution < -0.4 is 5.56 Å². The van der Waals surface area contributed by atoms with E-state index in [9.17, 15) is 9.59 Å². The Hall–Kier alpha value is -1.58. The first kappa shape index (κ1) is 12.5. The predicted molar refractivity (Wildman–Crippen MR) is 63.8 cm³/mol. The van der Waals surface area contributed by atoms with Crippen molar-refractivity contribution in [3.63, 3.8) is 0 Å². The van der Waals surface area contributed by atoms with Crippen LogP contribution >= 0.6 is 0 Å². The van der Waals surface area contributed by atoms with Gasteiger partial charge >= 0.3 is 0 Å². The summed E-state index contributed by atoms with van der Waals surface area (Å²) in [5.41, 5.74) is 1.47. The molecular formula is C12H18N2O2. The molecule has 0 bridgehead atoms. The second kappa shape index (κ2) is 4.96. The molecule has 0 radical (unpaired) electrons. The highest BCUT2D eigenvalue weighted by Crippen LogP contribution is 2.07. The maximum Gasteiger partial charge on any atom is 0.261 e. The lowest BCUT2D eigenvalue weighted by Crippen LogP contribution is -2.35. The summed E-state index contributed by atoms with van der Waals surface area (Å²) in [6, 6.07) is 1.82. The summed E-state index contributed by atoms with van der Waals surface area (Å²) in [6.07, 6.45) is 0. The number of amides is 1. The number of hydrogen-bond acceptors (Lipinski definition) is 2. The van der Waals surface area contributed by atoms with Crippen molar-refractivity contribution >= 4 is 5.91 Å². The Labute approximate surface area is 95.3 Å². The fourth-order valence-corrected chi connectivity index (χ4v) is 1.79. The molecule has 1 aromatic rings. The van der Waals surface area contributed by atoms with Crippen molar-refractivity contribution in [3.05, 3.63) is 33.2 Å². The van der Waals surface area contributed by atoms with Gasteiger partial charge in [-0.3, -0.25) is 9.59 Å². The van der Waals surface area contributed by atoms with Gasteiger partial charge in [-0.15, -0.1) is 0 Å². The van der Waals surface area contributed by atoms with Crippen LogP contribution in [0, 0.1) is 13.8 Å². The second-order valence-electron chi connectivity index (χ2n) is 3.82. The zero-order valence-electron chi connectivity index (χ0n) is 10.3. The molecule has 0 unspecified atom stereocenters. The molecule has 0 atom stereocenters. The van der Waals surface area contributed by atoms with E-state index in [0.717, 1.165) is 11.3 Å². The Morgan fingerprint density at radius 3 is 2.31 bits per heavy atom. The number of aryl methyl sites for hydroxylation is 2. The predicted octanol–water partition coefficient (Wildman–Crippen LogP) is 1.47. The van der Waals surface area contributed by atoms with E-state index < -0.39 is 0 Å². The molecule has 0 saturated carbocycles. The lowest BCUT2D eigenvalue weighted by Gasteiger charge is -2.19. The van der Waals surface area contributed by atoms with Crippen molar-refractivity contribution in [2.24, 2.45) is 0 Å². The molecule has 16 heavy (non-hydrogen) atoms. The summed E-state index contributed by atoms with van der Waals surface area (Å²) in [5, 5.41) is 0. The van der Waals surface area contributed by atoms with E-state index in [1.165, 1.54) is 0 Å². The van der Waals surface area contributed by atoms with Crippen molar-refractivity contribution in [2.75, 3.05) is 13.1 Å². The summed E-state index contributed by atoms with van der Waals surface area (Å²) in [7, 11) is 0. The van der Waals surface area contributed by atoms with Crippen molar-refractivity contribution in [1.29, 1.82) is 0 Å². The number of H-pyrrole nitrogens is 1. The molecule has 4 nitrogen and oxygen atoms in total. The lowest BCUT2D eigenvalue weighted by atomic mass is 10.1. The maximum atomic E-state index is 12.1. The molecule has 1 aromatic heterocycles. The fraction of sp³-hybridized carbons (Fsp3) is 0.500. The molecule has 0 saturated heterocycles. The van der Waals surface area contributed by atoms with Crippen molar-refractivity contribution < 1.29 is 4.79 Å². The normalized spacial score (nSPS) is 10.2. The third-order valence-corrected chi connectivity index (χ3v) is 2.63. The van der Waals surface area contributed by atoms with Crippen LogP contribution in [-0.4, -0.2) is 28.9 Å². The fourth-order valence-electron chi connectivity index (χ4n) is 1.79. The highest BCUT2D eigenvalue weighted by atomic mass is 16.2. The van der Waals surface area contributed by atoms with Crippen molar-refractivity contribution in [3.8, 4) is 0 Å². The van der Waals surface area contributed by atoms with E-state index in [1.807, 2.05) is 19.9 Å². The Morgan fingerprint density at radius 1 is 1.31 bits per heavy atom. The van der Waals surface area contributed by atoms with Crippen LogP contribution in [0.15, 0.2) is 10.9 Å². The topological polar surface area (TPSA) is 53.2 Å². The second-order valence-corrected chi connectivity index (χ2v) is 3.82. The Balaban J connectivity index is 3.23. The van der Waals surface area contributed by atoms with E-state index in [4.69, 9.17) is 0 Å². The van der Waals surface area contributed by atoms with Gasteiger partial charge in [0.05, 0.1) is 0 Å². The Morgan fingerprint density at radius 2 is 1.88 bits per heavy atom. The standard InChI is InChI=1S/C12H18N2O2/c1-5-14(6-2)12(16)10-8(3)7-9(4)13-11(10)15/h7H,5-6H2,1-4H3,(H,13,15). The van der Waals surface area contributed by atoms with Gasteiger partial charge in [0.2, 0.25) is 0 Å². The summed E-state index contributed by atoms with van der Waals surface area (Å²) in [5.74, 6) is -0.191. The van der Waals surface area contributed by atoms with Gasteiger partial charge in [-0.1, -0.05) is 0 Å². The van der Waals surface area contributed by atoms with Gasteiger partial charge < -0.3 is 9.88 Å². The number of hydrogen-bond donors (Lipinski definition) is 1. The summed E-state index contributed by atoms with van der Waals surface area (Å²) >= 11 is 0. The van der Waals surface area contributed by atoms with Crippen LogP contribution in [0.5, 0.6) is 0 Å². The highest BCUT2D eigenvalue weighted by Gasteiger charge is 2.18. The molecule has 4 heteroatoms. The molecular weight excluding hydrogens is 204 g/mol. The van der Waals surface area contributed by atoms with Crippen LogP contribution in [0.4, 0.5) is 0 Å². The van der Waals surface area contributed by atoms with Crippen molar-refractivity contribution in [2.45, 2.75) is 27.7 Å². The number of rotatable bonds is 3. The highest BCUT2D eigenvalue weighted by molar-refractivity contribution is 5.95. The number of carbonyl (C=O) groups excluding carboxylic acids is 1. The van der Waals surface area contributed by atoms with Crippen LogP contribution in [0.3, 0.4) is 0 Å². The third-order valence-electron chi connectivity index (χ3n) is 2.63. The number of nitrogens with zero attached hydrogens (tertiary/aromatic N) is 1. The smallest absolute Gasteiger partial charge is 0.261 e. The Bertz CT molecular complexity index is 445. The van der Waals surface area contributed by atoms with Crippen molar-refractivity contribution in [1.82, 2.24) is 9.88 Å². The van der Waals surface area contributed by atoms with E-state index in [-0.39, 0.29) is 17.0 Å². The molecule has 0 fully saturated rings. The average molecular weight is 222 g/mol. The molecule has 0 aliphatic rings. The molecule has 1 amide bonds. The van der Waals surface area contributed by atoms with Gasteiger partial charge in [-0.25, -0.2) is 0 Å². The SMILES string of the molecule is CCN(CC)C(=O)c1c(C)cc(C)[nH]c1=O. The number of aromatic nitrogens is 1. The zero-order chi connectivity index (χ0) is 12.3. The number of aromatic amines is 1. The van der Waals surface area contributed by atoms with Crippen LogP contribution in [0.25, 0.3) is 0 Å². The maximum absolute atomic E-state index is 12.1. The summed E-state index contributed by atoms with van der Waals surface area (Å²) < 4.78 is 0. The van der Waals surface area contributed by atoms with Gasteiger partial charge in [0.15, 0.2) is 0 Å². The van der Waals surface area contributed by atoms with E-state index in [1.54, 1.807) is 18.7 Å². The minimum absolute atomic E-state index is 0.191. The molecule has 1 N–H and O–H groups in total. The average Bonchev–Trinajstić information content (AvgIpc) is 2.17. The zero-order valence-corrected chi connectivity index (χ0v) is 10.3. The van der Waals surface area contributed by atoms with Gasteiger partial charge in [0, 0.05) is 18.8 Å². The van der Waals surface area contributed by atoms with Gasteiger partial charge in [0.25, 0.3) is 11.5 Å². The van der Waals surface area contributed by atoms with E-state index >= 15 is 0 Å². The summed E-state index contributed by atoms with van der Waals surface area (Å²) in [6.45, 7) is 8.63. The molecule has 0 aliphatic heterocycles. The van der Waals surface area contributed by atoms with Gasteiger partial charge in [-0.2, -0.15) is 0 Å². The number of carbonyl (C=O) groups is 1. The minimum Gasteiger partial charge on any atom is -0.339 e. The first-order valence-electron chi connectivity index (χ1n) is 5.51. The van der Waals surface area contributed by atoms with Gasteiger partial charge in [-0.05, 0) is 39.3 Å². The monoisotopic (exact) mass is 222 g/mol. The molecule has 88 valence electrons. The van der Waals surface area contributed by atoms with Gasteiger partial charge in [0.1, 0.15) is 5.56 Å². The summed E-state index contributed by atoms with van der Waals surface area (Å²) in [4.78, 5) is 28.1. The lowest BCUT2D eigenvalue weighted by molar-refractivity contribution is 0.0770. The molecule has 0 aromatic carbocycles. The minimum atomic E-state index is -0.297. The molecule has 0 spiro atoms. The number of pyridine rings is 1. The first-order valence-corrected chi connectivity index (χ1v) is 5.51. The Kier molecular flexibility index (Phi) is 3.88. The van der Waals surface area contributed by atoms with Crippen LogP contribution in [0.2, 0.25) is 0 Å².